The second-order valence-corrected chi connectivity index (χ2v) is 6.07. The van der Waals surface area contributed by atoms with Crippen LogP contribution in [0.1, 0.15) is 24.5 Å². The van der Waals surface area contributed by atoms with Crippen LogP contribution in [0.25, 0.3) is 6.08 Å². The van der Waals surface area contributed by atoms with E-state index in [9.17, 15) is 10.0 Å². The van der Waals surface area contributed by atoms with E-state index in [1.165, 1.54) is 0 Å². The van der Waals surface area contributed by atoms with Crippen LogP contribution in [0.15, 0.2) is 54.1 Å². The first kappa shape index (κ1) is 18.0. The molecule has 0 fully saturated rings. The van der Waals surface area contributed by atoms with Gasteiger partial charge in [0.05, 0.1) is 6.54 Å². The lowest BCUT2D eigenvalue weighted by molar-refractivity contribution is -0.115. The summed E-state index contributed by atoms with van der Waals surface area (Å²) < 4.78 is 6.02. The Balaban J connectivity index is 1.70. The molecule has 136 valence electrons. The topological polar surface area (TPSA) is 73.8 Å². The number of hydrogen-bond donors (Lipinski definition) is 3. The predicted octanol–water partition coefficient (Wildman–Crippen LogP) is 3.73. The maximum atomic E-state index is 11.5. The Kier molecular flexibility index (Phi) is 5.88. The summed E-state index contributed by atoms with van der Waals surface area (Å²) in [5.41, 5.74) is 5.63. The molecule has 0 saturated carbocycles. The van der Waals surface area contributed by atoms with E-state index < -0.39 is 6.03 Å². The fraction of sp³-hybridized carbons (Fsp3) is 0.250. The van der Waals surface area contributed by atoms with E-state index in [0.717, 1.165) is 46.2 Å². The summed E-state index contributed by atoms with van der Waals surface area (Å²) in [6.07, 6.45) is 3.65. The van der Waals surface area contributed by atoms with Crippen LogP contribution in [0.3, 0.4) is 0 Å². The van der Waals surface area contributed by atoms with Crippen molar-refractivity contribution in [1.29, 1.82) is 0 Å². The fourth-order valence-electron chi connectivity index (χ4n) is 2.95. The number of hydrazine groups is 1. The molecule has 26 heavy (non-hydrogen) atoms. The fourth-order valence-corrected chi connectivity index (χ4v) is 2.95. The number of fused-ring (bicyclic) bond motifs is 1. The van der Waals surface area contributed by atoms with Crippen LogP contribution < -0.4 is 15.5 Å². The van der Waals surface area contributed by atoms with Crippen molar-refractivity contribution in [2.24, 2.45) is 0 Å². The molecule has 1 aliphatic rings. The summed E-state index contributed by atoms with van der Waals surface area (Å²) >= 11 is 0. The molecule has 3 N–H and O–H groups in total. The van der Waals surface area contributed by atoms with Crippen LogP contribution in [0.5, 0.6) is 11.5 Å². The number of ether oxygens (including phenoxy) is 1. The number of urea groups is 1. The van der Waals surface area contributed by atoms with E-state index in [0.29, 0.717) is 6.54 Å². The second kappa shape index (κ2) is 8.51. The van der Waals surface area contributed by atoms with Gasteiger partial charge in [-0.25, -0.2) is 10.2 Å². The lowest BCUT2D eigenvalue weighted by atomic mass is 9.91. The van der Waals surface area contributed by atoms with Gasteiger partial charge in [-0.05, 0) is 43.5 Å². The molecule has 6 nitrogen and oxygen atoms in total. The Bertz CT molecular complexity index is 790. The van der Waals surface area contributed by atoms with E-state index in [1.807, 2.05) is 61.5 Å². The maximum absolute atomic E-state index is 11.5. The average Bonchev–Trinajstić information content (AvgIpc) is 2.62. The molecule has 1 aliphatic carbocycles. The first-order valence-electron chi connectivity index (χ1n) is 8.71. The van der Waals surface area contributed by atoms with Crippen LogP contribution in [0, 0.1) is 0 Å². The predicted molar refractivity (Wildman–Crippen MR) is 100.0 cm³/mol. The third kappa shape index (κ3) is 4.62. The third-order valence-corrected chi connectivity index (χ3v) is 4.12. The minimum atomic E-state index is -0.426. The van der Waals surface area contributed by atoms with Crippen molar-refractivity contribution in [3.8, 4) is 11.5 Å². The van der Waals surface area contributed by atoms with Crippen LogP contribution in [-0.2, 0) is 6.42 Å². The van der Waals surface area contributed by atoms with Gasteiger partial charge >= 0.3 is 6.03 Å². The van der Waals surface area contributed by atoms with E-state index in [2.05, 4.69) is 10.7 Å². The number of amides is 2. The summed E-state index contributed by atoms with van der Waals surface area (Å²) in [6.45, 7) is 2.57. The number of rotatable bonds is 6. The molecule has 3 rings (SSSR count). The minimum Gasteiger partial charge on any atom is -0.457 e. The van der Waals surface area contributed by atoms with E-state index in [1.54, 1.807) is 0 Å². The van der Waals surface area contributed by atoms with Crippen molar-refractivity contribution >= 4 is 12.1 Å². The summed E-state index contributed by atoms with van der Waals surface area (Å²) in [5.74, 6) is 1.66. The number of nitrogens with one attached hydrogen (secondary N) is 2. The molecule has 2 amide bonds. The minimum absolute atomic E-state index is 0.250. The molecule has 2 aromatic carbocycles. The normalized spacial score (nSPS) is 13.0. The second-order valence-electron chi connectivity index (χ2n) is 6.07. The number of hydrogen-bond acceptors (Lipinski definition) is 4. The monoisotopic (exact) mass is 353 g/mol. The highest BCUT2D eigenvalue weighted by molar-refractivity contribution is 5.73. The quantitative estimate of drug-likeness (QED) is 0.692. The Morgan fingerprint density at radius 2 is 1.96 bits per heavy atom. The van der Waals surface area contributed by atoms with Gasteiger partial charge in [-0.15, -0.1) is 0 Å². The van der Waals surface area contributed by atoms with Gasteiger partial charge in [-0.3, -0.25) is 5.21 Å². The van der Waals surface area contributed by atoms with Gasteiger partial charge in [0.15, 0.2) is 0 Å². The van der Waals surface area contributed by atoms with Gasteiger partial charge in [0, 0.05) is 12.1 Å². The molecule has 0 aliphatic heterocycles. The zero-order valence-corrected chi connectivity index (χ0v) is 14.7. The summed E-state index contributed by atoms with van der Waals surface area (Å²) in [5, 5.41) is 13.3. The summed E-state index contributed by atoms with van der Waals surface area (Å²) in [4.78, 5) is 11.5. The first-order chi connectivity index (χ1) is 12.7. The highest BCUT2D eigenvalue weighted by atomic mass is 16.5. The third-order valence-electron chi connectivity index (χ3n) is 4.12. The number of para-hydroxylation sites is 1. The van der Waals surface area contributed by atoms with Crippen molar-refractivity contribution in [2.45, 2.75) is 19.8 Å². The highest BCUT2D eigenvalue weighted by Gasteiger charge is 2.17. The van der Waals surface area contributed by atoms with E-state index in [4.69, 9.17) is 4.74 Å². The summed E-state index contributed by atoms with van der Waals surface area (Å²) in [6, 6.07) is 15.2. The highest BCUT2D eigenvalue weighted by Crippen LogP contribution is 2.33. The van der Waals surface area contributed by atoms with Gasteiger partial charge in [0.25, 0.3) is 0 Å². The zero-order valence-electron chi connectivity index (χ0n) is 14.7. The van der Waals surface area contributed by atoms with Gasteiger partial charge in [-0.1, -0.05) is 47.2 Å². The van der Waals surface area contributed by atoms with Crippen molar-refractivity contribution in [1.82, 2.24) is 15.9 Å². The molecule has 0 spiro atoms. The Morgan fingerprint density at radius 3 is 2.73 bits per heavy atom. The SMILES string of the molecule is CCNC(=O)NN(O)CC1=Cc2cccc(Oc3ccccc3)c2CC1. The molecule has 2 aromatic rings. The standard InChI is InChI=1S/C20H23N3O3/c1-2-21-20(24)22-23(25)14-15-11-12-18-16(13-15)7-6-10-19(18)26-17-8-4-3-5-9-17/h3-10,13,25H,2,11-12,14H2,1H3,(H2,21,22,24). The number of hydroxylamine groups is 1. The average molecular weight is 353 g/mol. The Morgan fingerprint density at radius 1 is 1.15 bits per heavy atom. The van der Waals surface area contributed by atoms with E-state index >= 15 is 0 Å². The first-order valence-corrected chi connectivity index (χ1v) is 8.71. The number of nitrogens with zero attached hydrogens (tertiary/aromatic N) is 1. The molecular weight excluding hydrogens is 330 g/mol. The van der Waals surface area contributed by atoms with Crippen LogP contribution >= 0.6 is 0 Å². The van der Waals surface area contributed by atoms with Gasteiger partial charge in [-0.2, -0.15) is 0 Å². The lowest BCUT2D eigenvalue weighted by Crippen LogP contribution is -2.46. The Hall–Kier alpha value is -2.83. The lowest BCUT2D eigenvalue weighted by Gasteiger charge is -2.22. The van der Waals surface area contributed by atoms with Gasteiger partial charge < -0.3 is 10.1 Å². The number of benzene rings is 2. The smallest absolute Gasteiger partial charge is 0.331 e. The number of carbonyl (C=O) groups excluding carboxylic acids is 1. The Labute approximate surface area is 153 Å². The van der Waals surface area contributed by atoms with Gasteiger partial charge in [0.1, 0.15) is 11.5 Å². The molecule has 0 bridgehead atoms. The van der Waals surface area contributed by atoms with Crippen LogP contribution in [0.2, 0.25) is 0 Å². The largest absolute Gasteiger partial charge is 0.457 e. The van der Waals surface area contributed by atoms with Crippen molar-refractivity contribution < 1.29 is 14.7 Å². The molecule has 0 unspecified atom stereocenters. The molecule has 0 aromatic heterocycles. The van der Waals surface area contributed by atoms with Crippen LogP contribution in [0.4, 0.5) is 4.79 Å². The molecule has 0 saturated heterocycles. The van der Waals surface area contributed by atoms with E-state index in [-0.39, 0.29) is 6.54 Å². The molecular formula is C20H23N3O3. The van der Waals surface area contributed by atoms with Gasteiger partial charge in [0.2, 0.25) is 0 Å². The zero-order chi connectivity index (χ0) is 18.4. The van der Waals surface area contributed by atoms with Crippen molar-refractivity contribution in [3.63, 3.8) is 0 Å². The van der Waals surface area contributed by atoms with Crippen molar-refractivity contribution in [3.05, 3.63) is 65.2 Å². The van der Waals surface area contributed by atoms with Crippen LogP contribution in [-0.4, -0.2) is 29.5 Å². The maximum Gasteiger partial charge on any atom is 0.331 e. The molecule has 0 radical (unpaired) electrons. The van der Waals surface area contributed by atoms with Crippen molar-refractivity contribution in [2.75, 3.05) is 13.1 Å². The number of carbonyl (C=O) groups is 1. The molecule has 0 heterocycles. The molecule has 6 heteroatoms. The molecule has 0 atom stereocenters. The summed E-state index contributed by atoms with van der Waals surface area (Å²) in [7, 11) is 0.